The molecule has 15 heteroatoms. The van der Waals surface area contributed by atoms with Crippen LogP contribution in [0.15, 0.2) is 47.7 Å². The van der Waals surface area contributed by atoms with Gasteiger partial charge < -0.3 is 25.8 Å². The Morgan fingerprint density at radius 1 is 1.07 bits per heavy atom. The number of hydrogen-bond acceptors (Lipinski definition) is 7. The third kappa shape index (κ3) is 6.16. The van der Waals surface area contributed by atoms with Crippen molar-refractivity contribution in [3.63, 3.8) is 0 Å². The molecule has 2 amide bonds. The summed E-state index contributed by atoms with van der Waals surface area (Å²) in [7, 11) is 0. The first-order valence-corrected chi connectivity index (χ1v) is 13.4. The van der Waals surface area contributed by atoms with Crippen LogP contribution in [0.25, 0.3) is 0 Å². The molecule has 0 spiro atoms. The van der Waals surface area contributed by atoms with Crippen molar-refractivity contribution in [2.24, 2.45) is 10.9 Å². The van der Waals surface area contributed by atoms with Crippen LogP contribution in [0.5, 0.6) is 11.5 Å². The minimum absolute atomic E-state index is 0.0309. The lowest BCUT2D eigenvalue weighted by molar-refractivity contribution is -0.131. The van der Waals surface area contributed by atoms with Gasteiger partial charge in [0.15, 0.2) is 11.6 Å². The molecule has 2 unspecified atom stereocenters. The lowest BCUT2D eigenvalue weighted by atomic mass is 9.83. The van der Waals surface area contributed by atoms with Crippen LogP contribution < -0.4 is 15.8 Å². The summed E-state index contributed by atoms with van der Waals surface area (Å²) in [5.41, 5.74) is 7.16. The molecule has 2 aromatic carbocycles. The van der Waals surface area contributed by atoms with Gasteiger partial charge in [-0.05, 0) is 30.9 Å². The van der Waals surface area contributed by atoms with Crippen LogP contribution in [0.4, 0.5) is 32.6 Å². The normalized spacial score (nSPS) is 18.1. The molecule has 4 N–H and O–H groups in total. The highest BCUT2D eigenvalue weighted by Gasteiger charge is 2.37. The second kappa shape index (κ2) is 12.7. The number of urea groups is 1. The lowest BCUT2D eigenvalue weighted by Gasteiger charge is -2.24. The molecule has 0 saturated carbocycles. The Kier molecular flexibility index (Phi) is 8.73. The number of nitrogens with two attached hydrogens (primary N) is 1. The van der Waals surface area contributed by atoms with E-state index in [4.69, 9.17) is 15.6 Å². The molecule has 44 heavy (non-hydrogen) atoms. The number of nitrogens with zero attached hydrogens (tertiary/aromatic N) is 4. The van der Waals surface area contributed by atoms with Gasteiger partial charge in [-0.15, -0.1) is 0 Å². The third-order valence-electron chi connectivity index (χ3n) is 7.40. The maximum Gasteiger partial charge on any atom is 0.328 e. The minimum atomic E-state index is -1.77. The van der Waals surface area contributed by atoms with E-state index in [-0.39, 0.29) is 54.1 Å². The van der Waals surface area contributed by atoms with E-state index in [1.54, 1.807) is 4.90 Å². The lowest BCUT2D eigenvalue weighted by Crippen LogP contribution is -2.39. The average Bonchev–Trinajstić information content (AvgIpc) is 3.39. The molecule has 0 aliphatic carbocycles. The number of carboxylic acids is 1. The predicted octanol–water partition coefficient (Wildman–Crippen LogP) is 4.54. The van der Waals surface area contributed by atoms with Crippen molar-refractivity contribution < 1.29 is 41.4 Å². The number of amides is 2. The summed E-state index contributed by atoms with van der Waals surface area (Å²) in [6, 6.07) is 2.86. The number of aliphatic carboxylic acids is 1. The number of fused-ring (bicyclic) bond motifs is 1. The van der Waals surface area contributed by atoms with Crippen LogP contribution in [0, 0.1) is 35.0 Å². The van der Waals surface area contributed by atoms with Gasteiger partial charge in [0.05, 0.1) is 17.0 Å². The Bertz CT molecular complexity index is 1660. The van der Waals surface area contributed by atoms with Crippen molar-refractivity contribution in [2.45, 2.75) is 18.8 Å². The van der Waals surface area contributed by atoms with Crippen LogP contribution in [0.3, 0.4) is 0 Å². The Labute approximate surface area is 247 Å². The third-order valence-corrected chi connectivity index (χ3v) is 7.40. The molecule has 1 saturated heterocycles. The number of carbonyl (C=O) groups excluding carboxylic acids is 1. The number of halogens is 5. The second-order valence-corrected chi connectivity index (χ2v) is 10.1. The van der Waals surface area contributed by atoms with Crippen molar-refractivity contribution in [2.75, 3.05) is 31.9 Å². The maximum absolute atomic E-state index is 15.5. The molecule has 0 bridgehead atoms. The first-order chi connectivity index (χ1) is 21.0. The number of nitrogens with one attached hydrogen (secondary N) is 1. The fourth-order valence-electron chi connectivity index (χ4n) is 5.38. The summed E-state index contributed by atoms with van der Waals surface area (Å²) >= 11 is 0. The largest absolute Gasteiger partial charge is 0.478 e. The predicted molar refractivity (Wildman–Crippen MR) is 147 cm³/mol. The molecular formula is C29H25F5N6O4. The van der Waals surface area contributed by atoms with Crippen LogP contribution in [0.1, 0.15) is 35.6 Å². The minimum Gasteiger partial charge on any atom is -0.478 e. The Morgan fingerprint density at radius 2 is 1.82 bits per heavy atom. The molecule has 2 atom stereocenters. The van der Waals surface area contributed by atoms with E-state index in [0.717, 1.165) is 18.2 Å². The van der Waals surface area contributed by atoms with Gasteiger partial charge in [-0.25, -0.2) is 32.7 Å². The number of carbonyl (C=O) groups is 2. The molecule has 1 fully saturated rings. The summed E-state index contributed by atoms with van der Waals surface area (Å²) in [6.07, 6.45) is 4.68. The van der Waals surface area contributed by atoms with Crippen molar-refractivity contribution in [3.8, 4) is 11.5 Å². The first-order valence-electron chi connectivity index (χ1n) is 13.4. The van der Waals surface area contributed by atoms with Gasteiger partial charge in [0.2, 0.25) is 17.4 Å². The highest BCUT2D eigenvalue weighted by molar-refractivity contribution is 6.16. The van der Waals surface area contributed by atoms with Gasteiger partial charge in [-0.3, -0.25) is 4.99 Å². The van der Waals surface area contributed by atoms with Crippen molar-refractivity contribution in [1.82, 2.24) is 20.2 Å². The van der Waals surface area contributed by atoms with Gasteiger partial charge in [-0.1, -0.05) is 6.08 Å². The van der Waals surface area contributed by atoms with E-state index < -0.39 is 46.6 Å². The smallest absolute Gasteiger partial charge is 0.328 e. The number of ether oxygens (including phenoxy) is 1. The average molecular weight is 617 g/mol. The fourth-order valence-corrected chi connectivity index (χ4v) is 5.38. The molecule has 2 aliphatic heterocycles. The summed E-state index contributed by atoms with van der Waals surface area (Å²) in [5.74, 6) is -11.0. The van der Waals surface area contributed by atoms with E-state index in [2.05, 4.69) is 20.3 Å². The highest BCUT2D eigenvalue weighted by atomic mass is 19.2. The highest BCUT2D eigenvalue weighted by Crippen LogP contribution is 2.39. The zero-order valence-corrected chi connectivity index (χ0v) is 22.9. The number of aliphatic imine (C=N–C) groups is 1. The topological polar surface area (TPSA) is 143 Å². The number of aromatic nitrogens is 2. The standard InChI is InChI=1S/C29H25F5N6O4/c30-18-10-15(44-27-23(33)19(31)11-20(32)24(27)34)3-4-17(18)26-22-25(38-13-39-28(22)35)16(5-8-36-26)14-6-9-40(12-14)29(43)37-7-1-2-21(41)42/h1-4,10-11,13-14,16H,5-9,12H2,(H,37,43)(H,41,42)(H2,35,38,39)/b2-1+. The molecule has 2 aliphatic rings. The number of benzene rings is 2. The van der Waals surface area contributed by atoms with Gasteiger partial charge in [0.1, 0.15) is 23.7 Å². The number of likely N-dealkylation sites (tertiary alicyclic amines) is 1. The first kappa shape index (κ1) is 30.4. The summed E-state index contributed by atoms with van der Waals surface area (Å²) < 4.78 is 75.8. The van der Waals surface area contributed by atoms with Crippen LogP contribution in [0.2, 0.25) is 0 Å². The monoisotopic (exact) mass is 616 g/mol. The number of anilines is 1. The van der Waals surface area contributed by atoms with Crippen LogP contribution in [-0.4, -0.2) is 63.9 Å². The zero-order chi connectivity index (χ0) is 31.5. The summed E-state index contributed by atoms with van der Waals surface area (Å²) in [6.45, 7) is 1.13. The molecule has 10 nitrogen and oxygen atoms in total. The van der Waals surface area contributed by atoms with Crippen molar-refractivity contribution in [1.29, 1.82) is 0 Å². The maximum atomic E-state index is 15.5. The van der Waals surface area contributed by atoms with E-state index >= 15 is 4.39 Å². The number of hydrogen-bond donors (Lipinski definition) is 3. The molecule has 3 aromatic rings. The number of rotatable bonds is 7. The molecule has 1 aromatic heterocycles. The van der Waals surface area contributed by atoms with Gasteiger partial charge >= 0.3 is 12.0 Å². The summed E-state index contributed by atoms with van der Waals surface area (Å²) in [5, 5.41) is 11.3. The van der Waals surface area contributed by atoms with Crippen LogP contribution >= 0.6 is 0 Å². The van der Waals surface area contributed by atoms with E-state index in [1.165, 1.54) is 18.5 Å². The Hall–Kier alpha value is -5.08. The molecule has 0 radical (unpaired) electrons. The van der Waals surface area contributed by atoms with Gasteiger partial charge in [-0.2, -0.15) is 8.78 Å². The molecule has 230 valence electrons. The second-order valence-electron chi connectivity index (χ2n) is 10.1. The van der Waals surface area contributed by atoms with E-state index in [9.17, 15) is 27.2 Å². The Morgan fingerprint density at radius 3 is 2.52 bits per heavy atom. The molecule has 5 rings (SSSR count). The van der Waals surface area contributed by atoms with E-state index in [1.807, 2.05) is 0 Å². The van der Waals surface area contributed by atoms with Crippen molar-refractivity contribution >= 4 is 23.5 Å². The van der Waals surface area contributed by atoms with Gasteiger partial charge in [0.25, 0.3) is 0 Å². The van der Waals surface area contributed by atoms with Crippen molar-refractivity contribution in [3.05, 3.63) is 88.7 Å². The fraction of sp³-hybridized carbons (Fsp3) is 0.276. The number of carboxylic acid groups (broad SMARTS) is 1. The quantitative estimate of drug-likeness (QED) is 0.201. The molecule has 3 heterocycles. The van der Waals surface area contributed by atoms with E-state index in [0.29, 0.717) is 37.2 Å². The SMILES string of the molecule is Nc1ncnc2c1C(c1ccc(Oc3c(F)c(F)cc(F)c3F)cc1F)=NCCC2C1CCN(C(=O)NC/C=C/C(=O)O)C1. The zero-order valence-electron chi connectivity index (χ0n) is 22.9. The Balaban J connectivity index is 1.38. The van der Waals surface area contributed by atoms with Gasteiger partial charge in [0, 0.05) is 55.9 Å². The summed E-state index contributed by atoms with van der Waals surface area (Å²) in [4.78, 5) is 37.9. The number of nitrogen functional groups attached to an aromatic ring is 1. The van der Waals surface area contributed by atoms with Crippen LogP contribution in [-0.2, 0) is 4.79 Å². The molecular weight excluding hydrogens is 591 g/mol.